The number of carbonyl (C=O) groups excluding carboxylic acids is 1. The SMILES string of the molecule is NC1=NC(=O)Cc2cccc(C3CC3)c21. The van der Waals surface area contributed by atoms with Gasteiger partial charge in [0.1, 0.15) is 5.84 Å². The first-order valence-corrected chi connectivity index (χ1v) is 5.25. The first-order chi connectivity index (χ1) is 7.25. The minimum atomic E-state index is -0.132. The molecule has 0 bridgehead atoms. The number of amidine groups is 1. The van der Waals surface area contributed by atoms with Crippen molar-refractivity contribution in [3.63, 3.8) is 0 Å². The topological polar surface area (TPSA) is 55.4 Å². The number of nitrogens with zero attached hydrogens (tertiary/aromatic N) is 1. The third-order valence-corrected chi connectivity index (χ3v) is 3.04. The zero-order valence-electron chi connectivity index (χ0n) is 8.36. The summed E-state index contributed by atoms with van der Waals surface area (Å²) in [7, 11) is 0. The fourth-order valence-electron chi connectivity index (χ4n) is 2.21. The van der Waals surface area contributed by atoms with Crippen LogP contribution in [0, 0.1) is 0 Å². The van der Waals surface area contributed by atoms with Gasteiger partial charge in [-0.15, -0.1) is 0 Å². The number of amides is 1. The van der Waals surface area contributed by atoms with Gasteiger partial charge in [0.2, 0.25) is 0 Å². The predicted octanol–water partition coefficient (Wildman–Crippen LogP) is 1.35. The second-order valence-corrected chi connectivity index (χ2v) is 4.22. The second-order valence-electron chi connectivity index (χ2n) is 4.22. The number of rotatable bonds is 1. The molecule has 76 valence electrons. The molecule has 1 amide bonds. The van der Waals surface area contributed by atoms with Crippen LogP contribution in [0.2, 0.25) is 0 Å². The normalized spacial score (nSPS) is 19.7. The fourth-order valence-corrected chi connectivity index (χ4v) is 2.21. The monoisotopic (exact) mass is 200 g/mol. The quantitative estimate of drug-likeness (QED) is 0.744. The van der Waals surface area contributed by atoms with E-state index in [0.717, 1.165) is 11.1 Å². The van der Waals surface area contributed by atoms with Gasteiger partial charge >= 0.3 is 0 Å². The summed E-state index contributed by atoms with van der Waals surface area (Å²) < 4.78 is 0. The minimum absolute atomic E-state index is 0.132. The smallest absolute Gasteiger partial charge is 0.252 e. The van der Waals surface area contributed by atoms with Gasteiger partial charge in [-0.2, -0.15) is 4.99 Å². The Bertz CT molecular complexity index is 473. The van der Waals surface area contributed by atoms with Gasteiger partial charge in [0.15, 0.2) is 0 Å². The summed E-state index contributed by atoms with van der Waals surface area (Å²) in [5.41, 5.74) is 9.18. The average Bonchev–Trinajstić information content (AvgIpc) is 2.99. The second kappa shape index (κ2) is 2.92. The van der Waals surface area contributed by atoms with Crippen molar-refractivity contribution >= 4 is 11.7 Å². The van der Waals surface area contributed by atoms with E-state index in [2.05, 4.69) is 11.1 Å². The number of carbonyl (C=O) groups is 1. The highest BCUT2D eigenvalue weighted by Crippen LogP contribution is 2.42. The molecule has 2 N–H and O–H groups in total. The van der Waals surface area contributed by atoms with Gasteiger partial charge in [-0.25, -0.2) is 0 Å². The molecule has 1 fully saturated rings. The van der Waals surface area contributed by atoms with Crippen LogP contribution in [0.1, 0.15) is 35.4 Å². The molecule has 1 aliphatic carbocycles. The number of hydrogen-bond donors (Lipinski definition) is 1. The minimum Gasteiger partial charge on any atom is -0.383 e. The number of fused-ring (bicyclic) bond motifs is 1. The zero-order valence-corrected chi connectivity index (χ0v) is 8.36. The van der Waals surface area contributed by atoms with Gasteiger partial charge in [-0.1, -0.05) is 18.2 Å². The summed E-state index contributed by atoms with van der Waals surface area (Å²) in [5.74, 6) is 0.915. The lowest BCUT2D eigenvalue weighted by molar-refractivity contribution is -0.117. The van der Waals surface area contributed by atoms with Crippen molar-refractivity contribution in [2.24, 2.45) is 10.7 Å². The van der Waals surface area contributed by atoms with Gasteiger partial charge < -0.3 is 5.73 Å². The maximum absolute atomic E-state index is 11.3. The fraction of sp³-hybridized carbons (Fsp3) is 0.333. The first kappa shape index (κ1) is 8.65. The molecule has 0 aromatic heterocycles. The number of hydrogen-bond acceptors (Lipinski definition) is 2. The predicted molar refractivity (Wildman–Crippen MR) is 57.9 cm³/mol. The first-order valence-electron chi connectivity index (χ1n) is 5.25. The van der Waals surface area contributed by atoms with Crippen molar-refractivity contribution in [3.8, 4) is 0 Å². The highest BCUT2D eigenvalue weighted by molar-refractivity contribution is 6.09. The Hall–Kier alpha value is -1.64. The summed E-state index contributed by atoms with van der Waals surface area (Å²) >= 11 is 0. The van der Waals surface area contributed by atoms with Crippen molar-refractivity contribution in [1.82, 2.24) is 0 Å². The molecule has 1 aliphatic heterocycles. The van der Waals surface area contributed by atoms with Crippen LogP contribution in [-0.4, -0.2) is 11.7 Å². The Balaban J connectivity index is 2.19. The molecule has 3 nitrogen and oxygen atoms in total. The standard InChI is InChI=1S/C12H12N2O/c13-12-11-8(6-10(15)14-12)2-1-3-9(11)7-4-5-7/h1-3,7H,4-6H2,(H2,13,14,15). The van der Waals surface area contributed by atoms with Crippen molar-refractivity contribution in [3.05, 3.63) is 34.9 Å². The molecule has 1 aromatic carbocycles. The van der Waals surface area contributed by atoms with E-state index < -0.39 is 0 Å². The largest absolute Gasteiger partial charge is 0.383 e. The Morgan fingerprint density at radius 3 is 2.87 bits per heavy atom. The molecular weight excluding hydrogens is 188 g/mol. The van der Waals surface area contributed by atoms with Crippen LogP contribution in [0.5, 0.6) is 0 Å². The van der Waals surface area contributed by atoms with Crippen LogP contribution in [0.15, 0.2) is 23.2 Å². The molecular formula is C12H12N2O. The molecule has 15 heavy (non-hydrogen) atoms. The average molecular weight is 200 g/mol. The van der Waals surface area contributed by atoms with E-state index in [0.29, 0.717) is 18.2 Å². The van der Waals surface area contributed by atoms with E-state index in [-0.39, 0.29) is 5.91 Å². The summed E-state index contributed by atoms with van der Waals surface area (Å²) in [5, 5.41) is 0. The number of benzene rings is 1. The van der Waals surface area contributed by atoms with Crippen LogP contribution in [-0.2, 0) is 11.2 Å². The summed E-state index contributed by atoms with van der Waals surface area (Å²) in [6, 6.07) is 6.09. The summed E-state index contributed by atoms with van der Waals surface area (Å²) in [6.07, 6.45) is 2.87. The van der Waals surface area contributed by atoms with Gasteiger partial charge in [-0.3, -0.25) is 4.79 Å². The number of nitrogens with two attached hydrogens (primary N) is 1. The molecule has 2 aliphatic rings. The van der Waals surface area contributed by atoms with Crippen molar-refractivity contribution < 1.29 is 4.79 Å². The van der Waals surface area contributed by atoms with E-state index in [1.807, 2.05) is 12.1 Å². The molecule has 0 saturated heterocycles. The highest BCUT2D eigenvalue weighted by atomic mass is 16.1. The Labute approximate surface area is 88.0 Å². The third-order valence-electron chi connectivity index (χ3n) is 3.04. The Morgan fingerprint density at radius 2 is 2.13 bits per heavy atom. The molecule has 0 atom stereocenters. The molecule has 1 heterocycles. The van der Waals surface area contributed by atoms with Crippen LogP contribution >= 0.6 is 0 Å². The van der Waals surface area contributed by atoms with Crippen LogP contribution < -0.4 is 5.73 Å². The lowest BCUT2D eigenvalue weighted by Gasteiger charge is -2.16. The lowest BCUT2D eigenvalue weighted by atomic mass is 9.93. The number of aliphatic imine (C=N–C) groups is 1. The molecule has 3 heteroatoms. The van der Waals surface area contributed by atoms with Crippen molar-refractivity contribution in [2.75, 3.05) is 0 Å². The molecule has 1 saturated carbocycles. The van der Waals surface area contributed by atoms with E-state index in [1.165, 1.54) is 18.4 Å². The van der Waals surface area contributed by atoms with Crippen LogP contribution in [0.4, 0.5) is 0 Å². The van der Waals surface area contributed by atoms with Gasteiger partial charge in [0.25, 0.3) is 5.91 Å². The third kappa shape index (κ3) is 1.35. The van der Waals surface area contributed by atoms with Crippen molar-refractivity contribution in [2.45, 2.75) is 25.2 Å². The highest BCUT2D eigenvalue weighted by Gasteiger charge is 2.29. The Morgan fingerprint density at radius 1 is 1.33 bits per heavy atom. The summed E-state index contributed by atoms with van der Waals surface area (Å²) in [4.78, 5) is 15.1. The maximum atomic E-state index is 11.3. The summed E-state index contributed by atoms with van der Waals surface area (Å²) in [6.45, 7) is 0. The van der Waals surface area contributed by atoms with E-state index >= 15 is 0 Å². The van der Waals surface area contributed by atoms with Gasteiger partial charge in [0.05, 0.1) is 6.42 Å². The zero-order chi connectivity index (χ0) is 10.4. The van der Waals surface area contributed by atoms with Gasteiger partial charge in [0, 0.05) is 5.56 Å². The van der Waals surface area contributed by atoms with Crippen LogP contribution in [0.3, 0.4) is 0 Å². The van der Waals surface area contributed by atoms with Crippen LogP contribution in [0.25, 0.3) is 0 Å². The molecule has 3 rings (SSSR count). The molecule has 0 radical (unpaired) electrons. The molecule has 0 spiro atoms. The van der Waals surface area contributed by atoms with E-state index in [4.69, 9.17) is 5.73 Å². The van der Waals surface area contributed by atoms with E-state index in [9.17, 15) is 4.79 Å². The van der Waals surface area contributed by atoms with Crippen molar-refractivity contribution in [1.29, 1.82) is 0 Å². The lowest BCUT2D eigenvalue weighted by Crippen LogP contribution is -2.25. The molecule has 0 unspecified atom stereocenters. The maximum Gasteiger partial charge on any atom is 0.252 e. The van der Waals surface area contributed by atoms with E-state index in [1.54, 1.807) is 0 Å². The molecule has 1 aromatic rings. The Kier molecular flexibility index (Phi) is 1.69. The van der Waals surface area contributed by atoms with Gasteiger partial charge in [-0.05, 0) is 29.9 Å².